The molecule has 0 bridgehead atoms. The summed E-state index contributed by atoms with van der Waals surface area (Å²) < 4.78 is 61.4. The lowest BCUT2D eigenvalue weighted by molar-refractivity contribution is -0.223. The first-order valence-corrected chi connectivity index (χ1v) is 13.6. The molecule has 0 radical (unpaired) electrons. The van der Waals surface area contributed by atoms with Crippen LogP contribution in [0.2, 0.25) is 0 Å². The smallest absolute Gasteiger partial charge is 0.194 e. The van der Waals surface area contributed by atoms with Gasteiger partial charge in [-0.15, -0.1) is 0 Å². The molecule has 0 atom stereocenters. The Morgan fingerprint density at radius 2 is 0.524 bits per heavy atom. The van der Waals surface area contributed by atoms with Gasteiger partial charge in [0, 0.05) is 11.1 Å². The van der Waals surface area contributed by atoms with Crippen LogP contribution in [0.5, 0.6) is 0 Å². The van der Waals surface area contributed by atoms with Crippen molar-refractivity contribution in [3.05, 3.63) is 169 Å². The fraction of sp³-hybridized carbons (Fsp3) is 0.0526. The van der Waals surface area contributed by atoms with E-state index in [0.717, 1.165) is 57.6 Å². The second kappa shape index (κ2) is 11.1. The molecular weight excluding hydrogens is 532 g/mol. The van der Waals surface area contributed by atoms with Gasteiger partial charge < -0.3 is 0 Å². The molecule has 0 aliphatic carbocycles. The Balaban J connectivity index is 1.24. The van der Waals surface area contributed by atoms with Gasteiger partial charge >= 0.3 is 11.8 Å². The van der Waals surface area contributed by atoms with E-state index < -0.39 is 23.0 Å². The van der Waals surface area contributed by atoms with Crippen LogP contribution in [0.25, 0.3) is 44.5 Å². The highest BCUT2D eigenvalue weighted by molar-refractivity contribution is 5.74. The maximum Gasteiger partial charge on any atom is 0.339 e. The Morgan fingerprint density at radius 1 is 0.262 bits per heavy atom. The maximum absolute atomic E-state index is 15.4. The zero-order chi connectivity index (χ0) is 29.2. The van der Waals surface area contributed by atoms with Gasteiger partial charge in [-0.3, -0.25) is 0 Å². The molecule has 0 nitrogen and oxygen atoms in total. The summed E-state index contributed by atoms with van der Waals surface area (Å²) >= 11 is 0. The molecule has 0 fully saturated rings. The highest BCUT2D eigenvalue weighted by atomic mass is 19.3. The van der Waals surface area contributed by atoms with Crippen molar-refractivity contribution in [1.82, 2.24) is 0 Å². The lowest BCUT2D eigenvalue weighted by Crippen LogP contribution is -2.35. The van der Waals surface area contributed by atoms with E-state index in [9.17, 15) is 0 Å². The van der Waals surface area contributed by atoms with Crippen LogP contribution < -0.4 is 0 Å². The van der Waals surface area contributed by atoms with Gasteiger partial charge in [-0.1, -0.05) is 146 Å². The van der Waals surface area contributed by atoms with E-state index in [1.807, 2.05) is 109 Å². The molecule has 4 heteroatoms. The molecular formula is C38H26F4. The second-order valence-electron chi connectivity index (χ2n) is 10.2. The van der Waals surface area contributed by atoms with E-state index in [4.69, 9.17) is 0 Å². The molecule has 206 valence electrons. The van der Waals surface area contributed by atoms with Crippen LogP contribution in [0.15, 0.2) is 158 Å². The largest absolute Gasteiger partial charge is 0.339 e. The minimum absolute atomic E-state index is 0.665. The Morgan fingerprint density at radius 3 is 0.833 bits per heavy atom. The van der Waals surface area contributed by atoms with Crippen molar-refractivity contribution in [3.63, 3.8) is 0 Å². The minimum Gasteiger partial charge on any atom is -0.194 e. The van der Waals surface area contributed by atoms with Crippen molar-refractivity contribution >= 4 is 0 Å². The maximum atomic E-state index is 15.4. The number of rotatable bonds is 7. The van der Waals surface area contributed by atoms with Gasteiger partial charge in [-0.2, -0.15) is 17.6 Å². The van der Waals surface area contributed by atoms with E-state index in [-0.39, 0.29) is 0 Å². The SMILES string of the molecule is FC(F)(c1ccc(-c2cccc(-c3ccccc3)c2)cc1)C(F)(F)c1ccc(-c2cccc(-c3ccccc3)c2)cc1. The van der Waals surface area contributed by atoms with Crippen LogP contribution in [0, 0.1) is 0 Å². The van der Waals surface area contributed by atoms with Crippen molar-refractivity contribution in [2.75, 3.05) is 0 Å². The summed E-state index contributed by atoms with van der Waals surface area (Å²) in [6.45, 7) is 0. The van der Waals surface area contributed by atoms with E-state index in [0.29, 0.717) is 11.1 Å². The summed E-state index contributed by atoms with van der Waals surface area (Å²) in [5, 5.41) is 0. The fourth-order valence-electron chi connectivity index (χ4n) is 5.12. The van der Waals surface area contributed by atoms with Gasteiger partial charge in [0.05, 0.1) is 0 Å². The highest BCUT2D eigenvalue weighted by Crippen LogP contribution is 2.50. The molecule has 6 aromatic carbocycles. The third-order valence-electron chi connectivity index (χ3n) is 7.50. The summed E-state index contributed by atoms with van der Waals surface area (Å²) in [6, 6.07) is 45.1. The molecule has 0 aliphatic rings. The van der Waals surface area contributed by atoms with Crippen LogP contribution in [0.3, 0.4) is 0 Å². The monoisotopic (exact) mass is 558 g/mol. The summed E-state index contributed by atoms with van der Waals surface area (Å²) in [7, 11) is 0. The first-order valence-electron chi connectivity index (χ1n) is 13.6. The van der Waals surface area contributed by atoms with Crippen LogP contribution in [0.1, 0.15) is 11.1 Å². The lowest BCUT2D eigenvalue weighted by atomic mass is 9.92. The number of hydrogen-bond acceptors (Lipinski definition) is 0. The zero-order valence-corrected chi connectivity index (χ0v) is 22.5. The fourth-order valence-corrected chi connectivity index (χ4v) is 5.12. The van der Waals surface area contributed by atoms with E-state index >= 15 is 17.6 Å². The molecule has 0 unspecified atom stereocenters. The number of halogens is 4. The molecule has 0 aliphatic heterocycles. The molecule has 0 saturated carbocycles. The molecule has 0 amide bonds. The number of alkyl halides is 4. The van der Waals surface area contributed by atoms with Crippen molar-refractivity contribution in [2.45, 2.75) is 11.8 Å². The molecule has 6 aromatic rings. The summed E-state index contributed by atoms with van der Waals surface area (Å²) in [4.78, 5) is 0. The van der Waals surface area contributed by atoms with Crippen LogP contribution in [-0.4, -0.2) is 0 Å². The first-order chi connectivity index (χ1) is 20.3. The van der Waals surface area contributed by atoms with Gasteiger partial charge in [-0.25, -0.2) is 0 Å². The number of benzene rings is 6. The molecule has 0 heterocycles. The average molecular weight is 559 g/mol. The molecule has 0 N–H and O–H groups in total. The standard InChI is InChI=1S/C38H26F4/c39-37(40,35-21-17-29(18-22-35)33-15-7-13-31(25-33)27-9-3-1-4-10-27)38(41,42)36-23-19-30(20-24-36)34-16-8-14-32(26-34)28-11-5-2-6-12-28/h1-26H. The quantitative estimate of drug-likeness (QED) is 0.171. The lowest BCUT2D eigenvalue weighted by Gasteiger charge is -2.27. The normalized spacial score (nSPS) is 11.8. The molecule has 0 saturated heterocycles. The van der Waals surface area contributed by atoms with E-state index in [2.05, 4.69) is 0 Å². The molecule has 42 heavy (non-hydrogen) atoms. The van der Waals surface area contributed by atoms with E-state index in [1.165, 1.54) is 24.3 Å². The van der Waals surface area contributed by atoms with Crippen LogP contribution in [0.4, 0.5) is 17.6 Å². The topological polar surface area (TPSA) is 0 Å². The molecule has 0 aromatic heterocycles. The van der Waals surface area contributed by atoms with Crippen LogP contribution >= 0.6 is 0 Å². The third-order valence-corrected chi connectivity index (χ3v) is 7.50. The molecule has 6 rings (SSSR count). The Kier molecular flexibility index (Phi) is 7.22. The van der Waals surface area contributed by atoms with Gasteiger partial charge in [0.1, 0.15) is 0 Å². The van der Waals surface area contributed by atoms with E-state index in [1.54, 1.807) is 0 Å². The van der Waals surface area contributed by atoms with Gasteiger partial charge in [0.15, 0.2) is 0 Å². The van der Waals surface area contributed by atoms with Gasteiger partial charge in [0.2, 0.25) is 0 Å². The Bertz CT molecular complexity index is 1650. The molecule has 0 spiro atoms. The number of hydrogen-bond donors (Lipinski definition) is 0. The van der Waals surface area contributed by atoms with Gasteiger partial charge in [0.25, 0.3) is 0 Å². The zero-order valence-electron chi connectivity index (χ0n) is 22.5. The second-order valence-corrected chi connectivity index (χ2v) is 10.2. The Hall–Kier alpha value is -4.96. The average Bonchev–Trinajstić information content (AvgIpc) is 3.06. The van der Waals surface area contributed by atoms with Crippen molar-refractivity contribution in [2.24, 2.45) is 0 Å². The van der Waals surface area contributed by atoms with Crippen LogP contribution in [-0.2, 0) is 11.8 Å². The van der Waals surface area contributed by atoms with Crippen molar-refractivity contribution < 1.29 is 17.6 Å². The summed E-state index contributed by atoms with van der Waals surface area (Å²) in [5.74, 6) is -8.82. The summed E-state index contributed by atoms with van der Waals surface area (Å²) in [6.07, 6.45) is 0. The third kappa shape index (κ3) is 5.24. The van der Waals surface area contributed by atoms with Crippen molar-refractivity contribution in [1.29, 1.82) is 0 Å². The predicted molar refractivity (Wildman–Crippen MR) is 162 cm³/mol. The summed E-state index contributed by atoms with van der Waals surface area (Å²) in [5.41, 5.74) is 5.47. The highest BCUT2D eigenvalue weighted by Gasteiger charge is 2.58. The first kappa shape index (κ1) is 27.2. The predicted octanol–water partition coefficient (Wildman–Crippen LogP) is 11.2. The minimum atomic E-state index is -4.41. The van der Waals surface area contributed by atoms with Gasteiger partial charge in [-0.05, 0) is 56.6 Å². The van der Waals surface area contributed by atoms with Crippen molar-refractivity contribution in [3.8, 4) is 44.5 Å². The Labute approximate surface area is 242 Å².